The molecule has 1 saturated heterocycles. The second-order valence-electron chi connectivity index (χ2n) is 7.04. The van der Waals surface area contributed by atoms with E-state index in [0.717, 1.165) is 25.2 Å². The fraction of sp³-hybridized carbons (Fsp3) is 0.647. The Morgan fingerprint density at radius 1 is 1.29 bits per heavy atom. The highest BCUT2D eigenvalue weighted by molar-refractivity contribution is 5.93. The highest BCUT2D eigenvalue weighted by Gasteiger charge is 2.31. The third-order valence-corrected chi connectivity index (χ3v) is 5.44. The van der Waals surface area contributed by atoms with Crippen LogP contribution in [0, 0.1) is 12.8 Å². The second kappa shape index (κ2) is 6.37. The zero-order valence-corrected chi connectivity index (χ0v) is 14.1. The van der Waals surface area contributed by atoms with Crippen LogP contribution in [0.25, 0.3) is 0 Å². The van der Waals surface area contributed by atoms with Crippen molar-refractivity contribution in [3.8, 4) is 0 Å². The zero-order chi connectivity index (χ0) is 16.5. The molecule has 3 heterocycles. The van der Waals surface area contributed by atoms with Crippen LogP contribution in [0.4, 0.5) is 0 Å². The Hall–Kier alpha value is -2.18. The minimum absolute atomic E-state index is 0.000159. The van der Waals surface area contributed by atoms with Gasteiger partial charge in [-0.1, -0.05) is 18.1 Å². The molecule has 1 atom stereocenters. The molecular weight excluding hydrogens is 304 g/mol. The predicted molar refractivity (Wildman–Crippen MR) is 88.5 cm³/mol. The number of carbonyl (C=O) groups is 1. The van der Waals surface area contributed by atoms with Crippen molar-refractivity contribution < 1.29 is 4.79 Å². The van der Waals surface area contributed by atoms with E-state index in [9.17, 15) is 4.79 Å². The summed E-state index contributed by atoms with van der Waals surface area (Å²) in [5.74, 6) is 0.684. The van der Waals surface area contributed by atoms with Gasteiger partial charge >= 0.3 is 0 Å². The molecule has 4 rings (SSSR count). The molecule has 0 aromatic carbocycles. The van der Waals surface area contributed by atoms with Crippen molar-refractivity contribution in [1.29, 1.82) is 0 Å². The van der Waals surface area contributed by atoms with E-state index in [1.54, 1.807) is 6.20 Å². The van der Waals surface area contributed by atoms with Crippen LogP contribution in [0.1, 0.15) is 54.3 Å². The van der Waals surface area contributed by atoms with Gasteiger partial charge in [0.2, 0.25) is 0 Å². The number of amides is 1. The summed E-state index contributed by atoms with van der Waals surface area (Å²) in [4.78, 5) is 14.7. The number of aromatic nitrogens is 5. The Morgan fingerprint density at radius 3 is 2.88 bits per heavy atom. The Kier molecular flexibility index (Phi) is 4.08. The molecule has 2 fully saturated rings. The first-order valence-electron chi connectivity index (χ1n) is 8.91. The molecule has 2 aliphatic rings. The molecule has 2 aromatic rings. The fourth-order valence-electron chi connectivity index (χ4n) is 3.96. The molecule has 1 aliphatic heterocycles. The molecule has 1 aliphatic carbocycles. The van der Waals surface area contributed by atoms with Gasteiger partial charge in [-0.3, -0.25) is 9.48 Å². The lowest BCUT2D eigenvalue weighted by Crippen LogP contribution is -2.30. The molecule has 0 radical (unpaired) electrons. The lowest BCUT2D eigenvalue weighted by molar-refractivity contribution is 0.0780. The molecule has 1 unspecified atom stereocenters. The number of likely N-dealkylation sites (tertiary alicyclic amines) is 1. The molecule has 2 aromatic heterocycles. The van der Waals surface area contributed by atoms with E-state index in [-0.39, 0.29) is 11.9 Å². The zero-order valence-electron chi connectivity index (χ0n) is 14.1. The van der Waals surface area contributed by atoms with Crippen LogP contribution in [0.5, 0.6) is 0 Å². The van der Waals surface area contributed by atoms with Gasteiger partial charge in [0.25, 0.3) is 5.91 Å². The molecule has 128 valence electrons. The van der Waals surface area contributed by atoms with Gasteiger partial charge in [-0.25, -0.2) is 4.68 Å². The number of hydrogen-bond acceptors (Lipinski definition) is 4. The van der Waals surface area contributed by atoms with Gasteiger partial charge in [-0.05, 0) is 38.2 Å². The predicted octanol–water partition coefficient (Wildman–Crippen LogP) is 2.06. The standard InChI is InChI=1S/C17H24N6O/c1-13-16(19-20-23(13)11-14-5-2-3-6-14)17(24)21-10-7-15(12-21)22-9-4-8-18-22/h4,8-9,14-15H,2-3,5-7,10-12H2,1H3. The summed E-state index contributed by atoms with van der Waals surface area (Å²) in [7, 11) is 0. The van der Waals surface area contributed by atoms with E-state index in [1.165, 1.54) is 25.7 Å². The SMILES string of the molecule is Cc1c(C(=O)N2CCC(n3cccn3)C2)nnn1CC1CCCC1. The van der Waals surface area contributed by atoms with Crippen molar-refractivity contribution in [2.75, 3.05) is 13.1 Å². The minimum atomic E-state index is -0.000159. The van der Waals surface area contributed by atoms with Crippen LogP contribution >= 0.6 is 0 Å². The summed E-state index contributed by atoms with van der Waals surface area (Å²) in [5, 5.41) is 12.7. The number of nitrogens with zero attached hydrogens (tertiary/aromatic N) is 6. The first kappa shape index (κ1) is 15.4. The first-order chi connectivity index (χ1) is 11.7. The van der Waals surface area contributed by atoms with Crippen LogP contribution in [-0.2, 0) is 6.54 Å². The van der Waals surface area contributed by atoms with E-state index in [1.807, 2.05) is 33.5 Å². The largest absolute Gasteiger partial charge is 0.335 e. The number of hydrogen-bond donors (Lipinski definition) is 0. The Labute approximate surface area is 141 Å². The normalized spacial score (nSPS) is 21.7. The molecular formula is C17H24N6O. The minimum Gasteiger partial charge on any atom is -0.335 e. The maximum Gasteiger partial charge on any atom is 0.276 e. The Bertz CT molecular complexity index is 701. The van der Waals surface area contributed by atoms with Crippen LogP contribution < -0.4 is 0 Å². The van der Waals surface area contributed by atoms with Gasteiger partial charge in [0.1, 0.15) is 0 Å². The maximum atomic E-state index is 12.8. The summed E-state index contributed by atoms with van der Waals surface area (Å²) in [6, 6.07) is 2.18. The van der Waals surface area contributed by atoms with Crippen molar-refractivity contribution in [2.45, 2.75) is 51.6 Å². The van der Waals surface area contributed by atoms with E-state index < -0.39 is 0 Å². The fourth-order valence-corrected chi connectivity index (χ4v) is 3.96. The number of carbonyl (C=O) groups excluding carboxylic acids is 1. The van der Waals surface area contributed by atoms with Gasteiger partial charge in [0.05, 0.1) is 11.7 Å². The second-order valence-corrected chi connectivity index (χ2v) is 7.04. The molecule has 7 nitrogen and oxygen atoms in total. The summed E-state index contributed by atoms with van der Waals surface area (Å²) >= 11 is 0. The highest BCUT2D eigenvalue weighted by atomic mass is 16.2. The average molecular weight is 328 g/mol. The van der Waals surface area contributed by atoms with Crippen molar-refractivity contribution in [3.05, 3.63) is 29.8 Å². The van der Waals surface area contributed by atoms with Gasteiger partial charge in [-0.15, -0.1) is 5.10 Å². The van der Waals surface area contributed by atoms with E-state index in [0.29, 0.717) is 18.2 Å². The molecule has 7 heteroatoms. The summed E-state index contributed by atoms with van der Waals surface area (Å²) in [5.41, 5.74) is 1.41. The lowest BCUT2D eigenvalue weighted by Gasteiger charge is -2.16. The Morgan fingerprint density at radius 2 is 2.12 bits per heavy atom. The van der Waals surface area contributed by atoms with Crippen molar-refractivity contribution in [1.82, 2.24) is 29.7 Å². The van der Waals surface area contributed by atoms with Crippen LogP contribution in [0.2, 0.25) is 0 Å². The number of rotatable bonds is 4. The Balaban J connectivity index is 1.44. The van der Waals surface area contributed by atoms with E-state index in [4.69, 9.17) is 0 Å². The summed E-state index contributed by atoms with van der Waals surface area (Å²) in [6.45, 7) is 4.29. The molecule has 0 bridgehead atoms. The molecule has 1 amide bonds. The molecule has 24 heavy (non-hydrogen) atoms. The van der Waals surface area contributed by atoms with E-state index in [2.05, 4.69) is 15.4 Å². The molecule has 1 saturated carbocycles. The molecule has 0 N–H and O–H groups in total. The van der Waals surface area contributed by atoms with Gasteiger partial charge < -0.3 is 4.90 Å². The van der Waals surface area contributed by atoms with Crippen molar-refractivity contribution in [2.24, 2.45) is 5.92 Å². The third-order valence-electron chi connectivity index (χ3n) is 5.44. The van der Waals surface area contributed by atoms with Gasteiger partial charge in [0.15, 0.2) is 5.69 Å². The van der Waals surface area contributed by atoms with Crippen LogP contribution in [0.15, 0.2) is 18.5 Å². The van der Waals surface area contributed by atoms with Crippen LogP contribution in [-0.4, -0.2) is 48.7 Å². The average Bonchev–Trinajstić information content (AvgIpc) is 3.37. The third kappa shape index (κ3) is 2.83. The van der Waals surface area contributed by atoms with Crippen LogP contribution in [0.3, 0.4) is 0 Å². The highest BCUT2D eigenvalue weighted by Crippen LogP contribution is 2.27. The van der Waals surface area contributed by atoms with Gasteiger partial charge in [-0.2, -0.15) is 5.10 Å². The monoisotopic (exact) mass is 328 g/mol. The lowest BCUT2D eigenvalue weighted by atomic mass is 10.1. The summed E-state index contributed by atoms with van der Waals surface area (Å²) < 4.78 is 3.86. The topological polar surface area (TPSA) is 68.8 Å². The van der Waals surface area contributed by atoms with Gasteiger partial charge in [0, 0.05) is 32.0 Å². The quantitative estimate of drug-likeness (QED) is 0.861. The van der Waals surface area contributed by atoms with Crippen molar-refractivity contribution in [3.63, 3.8) is 0 Å². The molecule has 0 spiro atoms. The maximum absolute atomic E-state index is 12.8. The summed E-state index contributed by atoms with van der Waals surface area (Å²) in [6.07, 6.45) is 9.83. The smallest absolute Gasteiger partial charge is 0.276 e. The van der Waals surface area contributed by atoms with E-state index >= 15 is 0 Å². The first-order valence-corrected chi connectivity index (χ1v) is 8.91. The van der Waals surface area contributed by atoms with Crippen molar-refractivity contribution >= 4 is 5.91 Å².